The van der Waals surface area contributed by atoms with Gasteiger partial charge in [-0.05, 0) is 25.1 Å². The largest absolute Gasteiger partial charge is 0.378 e. The van der Waals surface area contributed by atoms with Gasteiger partial charge in [0.1, 0.15) is 0 Å². The molecule has 2 aliphatic heterocycles. The van der Waals surface area contributed by atoms with Crippen LogP contribution in [0.2, 0.25) is 0 Å². The minimum atomic E-state index is 0.206. The van der Waals surface area contributed by atoms with Crippen molar-refractivity contribution in [3.8, 4) is 0 Å². The zero-order valence-electron chi connectivity index (χ0n) is 15.7. The molecule has 3 rings (SSSR count). The smallest absolute Gasteiger partial charge is 0.236 e. The van der Waals surface area contributed by atoms with Crippen LogP contribution in [0.3, 0.4) is 0 Å². The summed E-state index contributed by atoms with van der Waals surface area (Å²) in [6.07, 6.45) is 1.46. The van der Waals surface area contributed by atoms with Gasteiger partial charge >= 0.3 is 0 Å². The fraction of sp³-hybridized carbons (Fsp3) is 0.600. The van der Waals surface area contributed by atoms with Crippen molar-refractivity contribution in [3.05, 3.63) is 34.3 Å². The Morgan fingerprint density at radius 3 is 2.22 bits per heavy atom. The molecule has 1 aromatic carbocycles. The maximum atomic E-state index is 12.3. The molecule has 1 amide bonds. The number of hydrogen-bond donors (Lipinski definition) is 0. The lowest BCUT2D eigenvalue weighted by Crippen LogP contribution is -2.51. The van der Waals surface area contributed by atoms with Gasteiger partial charge in [-0.15, -0.1) is 0 Å². The Balaban J connectivity index is 1.31. The van der Waals surface area contributed by atoms with Gasteiger partial charge in [0.2, 0.25) is 5.91 Å². The molecular weight excluding hydrogens is 410 g/mol. The first-order chi connectivity index (χ1) is 13.1. The normalized spacial score (nSPS) is 19.2. The fourth-order valence-electron chi connectivity index (χ4n) is 3.52. The number of ketones is 1. The van der Waals surface area contributed by atoms with Crippen LogP contribution in [0.25, 0.3) is 0 Å². The van der Waals surface area contributed by atoms with Crippen LogP contribution in [0, 0.1) is 0 Å². The molecule has 27 heavy (non-hydrogen) atoms. The highest BCUT2D eigenvalue weighted by Gasteiger charge is 2.22. The van der Waals surface area contributed by atoms with Gasteiger partial charge in [0.15, 0.2) is 5.78 Å². The van der Waals surface area contributed by atoms with E-state index >= 15 is 0 Å². The van der Waals surface area contributed by atoms with Gasteiger partial charge < -0.3 is 14.5 Å². The van der Waals surface area contributed by atoms with E-state index in [1.165, 1.54) is 0 Å². The van der Waals surface area contributed by atoms with Crippen LogP contribution in [-0.2, 0) is 9.53 Å². The minimum Gasteiger partial charge on any atom is -0.378 e. The molecule has 148 valence electrons. The molecule has 1 aromatic rings. The molecule has 0 bridgehead atoms. The molecule has 0 atom stereocenters. The SMILES string of the molecule is O=C(CCCN1CCN(CC(=O)N2CCOCC2)CC1)c1ccc(Br)cc1. The second kappa shape index (κ2) is 10.3. The van der Waals surface area contributed by atoms with E-state index in [0.29, 0.717) is 39.3 Å². The third-order valence-electron chi connectivity index (χ3n) is 5.23. The number of amides is 1. The lowest BCUT2D eigenvalue weighted by atomic mass is 10.1. The second-order valence-electron chi connectivity index (χ2n) is 7.14. The summed E-state index contributed by atoms with van der Waals surface area (Å²) in [6, 6.07) is 7.56. The Morgan fingerprint density at radius 2 is 1.56 bits per heavy atom. The average molecular weight is 438 g/mol. The van der Waals surface area contributed by atoms with E-state index in [-0.39, 0.29) is 11.7 Å². The van der Waals surface area contributed by atoms with Crippen LogP contribution in [0.15, 0.2) is 28.7 Å². The summed E-state index contributed by atoms with van der Waals surface area (Å²) >= 11 is 3.39. The summed E-state index contributed by atoms with van der Waals surface area (Å²) in [4.78, 5) is 31.1. The first-order valence-electron chi connectivity index (χ1n) is 9.71. The third-order valence-corrected chi connectivity index (χ3v) is 5.76. The van der Waals surface area contributed by atoms with E-state index < -0.39 is 0 Å². The average Bonchev–Trinajstić information content (AvgIpc) is 2.70. The molecule has 0 radical (unpaired) electrons. The number of Topliss-reactive ketones (excluding diaryl/α,β-unsaturated/α-hetero) is 1. The Hall–Kier alpha value is -1.28. The molecule has 2 heterocycles. The van der Waals surface area contributed by atoms with Gasteiger partial charge in [-0.1, -0.05) is 28.1 Å². The number of benzene rings is 1. The number of halogens is 1. The molecule has 7 heteroatoms. The molecule has 2 fully saturated rings. The predicted molar refractivity (Wildman–Crippen MR) is 108 cm³/mol. The van der Waals surface area contributed by atoms with Gasteiger partial charge in [0, 0.05) is 55.7 Å². The van der Waals surface area contributed by atoms with Crippen molar-refractivity contribution < 1.29 is 14.3 Å². The molecule has 2 saturated heterocycles. The summed E-state index contributed by atoms with van der Waals surface area (Å²) in [7, 11) is 0. The van der Waals surface area contributed by atoms with E-state index in [1.807, 2.05) is 29.2 Å². The van der Waals surface area contributed by atoms with Crippen LogP contribution >= 0.6 is 15.9 Å². The van der Waals surface area contributed by atoms with Crippen LogP contribution < -0.4 is 0 Å². The Morgan fingerprint density at radius 1 is 0.926 bits per heavy atom. The van der Waals surface area contributed by atoms with Crippen molar-refractivity contribution in [2.24, 2.45) is 0 Å². The van der Waals surface area contributed by atoms with Crippen molar-refractivity contribution in [2.45, 2.75) is 12.8 Å². The van der Waals surface area contributed by atoms with Crippen LogP contribution in [-0.4, -0.2) is 92.0 Å². The maximum absolute atomic E-state index is 12.3. The van der Waals surface area contributed by atoms with Crippen molar-refractivity contribution in [1.29, 1.82) is 0 Å². The van der Waals surface area contributed by atoms with Crippen LogP contribution in [0.4, 0.5) is 0 Å². The van der Waals surface area contributed by atoms with E-state index in [2.05, 4.69) is 25.7 Å². The first-order valence-corrected chi connectivity index (χ1v) is 10.5. The second-order valence-corrected chi connectivity index (χ2v) is 8.06. The number of hydrogen-bond acceptors (Lipinski definition) is 5. The standard InChI is InChI=1S/C20H28BrN3O3/c21-18-5-3-17(4-6-18)19(25)2-1-7-22-8-10-23(11-9-22)16-20(26)24-12-14-27-15-13-24/h3-6H,1-2,7-16H2. The van der Waals surface area contributed by atoms with Gasteiger partial charge in [0.25, 0.3) is 0 Å². The van der Waals surface area contributed by atoms with E-state index in [4.69, 9.17) is 4.74 Å². The number of nitrogens with zero attached hydrogens (tertiary/aromatic N) is 3. The van der Waals surface area contributed by atoms with Gasteiger partial charge in [-0.25, -0.2) is 0 Å². The lowest BCUT2D eigenvalue weighted by Gasteiger charge is -2.36. The van der Waals surface area contributed by atoms with Crippen molar-refractivity contribution in [1.82, 2.24) is 14.7 Å². The first kappa shape index (κ1) is 20.5. The topological polar surface area (TPSA) is 53.1 Å². The number of rotatable bonds is 7. The van der Waals surface area contributed by atoms with Crippen molar-refractivity contribution >= 4 is 27.6 Å². The highest BCUT2D eigenvalue weighted by Crippen LogP contribution is 2.13. The summed E-state index contributed by atoms with van der Waals surface area (Å²) in [5, 5.41) is 0. The monoisotopic (exact) mass is 437 g/mol. The number of ether oxygens (including phenoxy) is 1. The number of carbonyl (C=O) groups is 2. The number of piperazine rings is 1. The number of carbonyl (C=O) groups excluding carboxylic acids is 2. The zero-order chi connectivity index (χ0) is 19.1. The van der Waals surface area contributed by atoms with Gasteiger partial charge in [0.05, 0.1) is 19.8 Å². The Labute approximate surface area is 169 Å². The lowest BCUT2D eigenvalue weighted by molar-refractivity contribution is -0.136. The fourth-order valence-corrected chi connectivity index (χ4v) is 3.78. The Kier molecular flexibility index (Phi) is 7.81. The summed E-state index contributed by atoms with van der Waals surface area (Å²) in [5.41, 5.74) is 0.782. The van der Waals surface area contributed by atoms with Gasteiger partial charge in [-0.3, -0.25) is 14.5 Å². The Bertz CT molecular complexity index is 624. The quantitative estimate of drug-likeness (QED) is 0.609. The molecule has 2 aliphatic rings. The predicted octanol–water partition coefficient (Wildman–Crippen LogP) is 1.89. The molecule has 0 N–H and O–H groups in total. The van der Waals surface area contributed by atoms with Gasteiger partial charge in [-0.2, -0.15) is 0 Å². The highest BCUT2D eigenvalue weighted by molar-refractivity contribution is 9.10. The summed E-state index contributed by atoms with van der Waals surface area (Å²) < 4.78 is 6.29. The molecule has 0 aromatic heterocycles. The van der Waals surface area contributed by atoms with Crippen molar-refractivity contribution in [3.63, 3.8) is 0 Å². The molecule has 0 aliphatic carbocycles. The van der Waals surface area contributed by atoms with E-state index in [9.17, 15) is 9.59 Å². The highest BCUT2D eigenvalue weighted by atomic mass is 79.9. The zero-order valence-corrected chi connectivity index (χ0v) is 17.3. The molecule has 6 nitrogen and oxygen atoms in total. The summed E-state index contributed by atoms with van der Waals surface area (Å²) in [5.74, 6) is 0.420. The van der Waals surface area contributed by atoms with Crippen molar-refractivity contribution in [2.75, 3.05) is 65.6 Å². The molecule has 0 unspecified atom stereocenters. The molecule has 0 spiro atoms. The summed E-state index contributed by atoms with van der Waals surface area (Å²) in [6.45, 7) is 7.93. The minimum absolute atomic E-state index is 0.206. The molecule has 0 saturated carbocycles. The maximum Gasteiger partial charge on any atom is 0.236 e. The molecular formula is C20H28BrN3O3. The van der Waals surface area contributed by atoms with E-state index in [1.54, 1.807) is 0 Å². The van der Waals surface area contributed by atoms with Crippen LogP contribution in [0.1, 0.15) is 23.2 Å². The van der Waals surface area contributed by atoms with Crippen LogP contribution in [0.5, 0.6) is 0 Å². The number of morpholine rings is 1. The van der Waals surface area contributed by atoms with E-state index in [0.717, 1.165) is 49.2 Å². The third kappa shape index (κ3) is 6.38.